The van der Waals surface area contributed by atoms with E-state index in [1.165, 1.54) is 0 Å². The van der Waals surface area contributed by atoms with Crippen molar-refractivity contribution in [3.05, 3.63) is 18.3 Å². The number of nitrogens with zero attached hydrogens (tertiary/aromatic N) is 3. The Morgan fingerprint density at radius 2 is 2.33 bits per heavy atom. The van der Waals surface area contributed by atoms with Crippen molar-refractivity contribution in [1.29, 1.82) is 0 Å². The maximum atomic E-state index is 13.2. The first kappa shape index (κ1) is 11.4. The summed E-state index contributed by atoms with van der Waals surface area (Å²) >= 11 is 0. The van der Waals surface area contributed by atoms with E-state index in [1.54, 1.807) is 16.8 Å². The minimum atomic E-state index is -0.850. The Hall–Kier alpha value is -1.73. The number of ether oxygens (including phenoxy) is 1. The number of hydrogen-bond acceptors (Lipinski definition) is 5. The number of anilines is 1. The lowest BCUT2D eigenvalue weighted by molar-refractivity contribution is -0.0205. The molecule has 0 spiro atoms. The van der Waals surface area contributed by atoms with E-state index in [-0.39, 0.29) is 24.8 Å². The first-order valence-corrected chi connectivity index (χ1v) is 5.75. The van der Waals surface area contributed by atoms with E-state index in [2.05, 4.69) is 9.97 Å². The number of aromatic nitrogens is 3. The van der Waals surface area contributed by atoms with Crippen molar-refractivity contribution in [3.63, 3.8) is 0 Å². The lowest BCUT2D eigenvalue weighted by atomic mass is 10.2. The molecule has 2 unspecified atom stereocenters. The molecule has 1 saturated heterocycles. The molecule has 6 nitrogen and oxygen atoms in total. The van der Waals surface area contributed by atoms with Crippen LogP contribution in [-0.2, 0) is 4.74 Å². The Bertz CT molecular complexity index is 586. The van der Waals surface area contributed by atoms with Crippen LogP contribution in [-0.4, -0.2) is 32.4 Å². The van der Waals surface area contributed by atoms with Crippen LogP contribution in [0.15, 0.2) is 12.3 Å². The lowest BCUT2D eigenvalue weighted by Gasteiger charge is -2.14. The lowest BCUT2D eigenvalue weighted by Crippen LogP contribution is -2.14. The number of hydrogen-bond donors (Lipinski definition) is 2. The van der Waals surface area contributed by atoms with Crippen molar-refractivity contribution in [2.75, 3.05) is 12.3 Å². The van der Waals surface area contributed by atoms with E-state index in [0.717, 1.165) is 12.8 Å². The van der Waals surface area contributed by atoms with Crippen LogP contribution in [0.2, 0.25) is 0 Å². The molecule has 0 radical (unpaired) electrons. The zero-order valence-corrected chi connectivity index (χ0v) is 9.58. The molecule has 18 heavy (non-hydrogen) atoms. The summed E-state index contributed by atoms with van der Waals surface area (Å²) in [4.78, 5) is 7.23. The predicted octanol–water partition coefficient (Wildman–Crippen LogP) is 0.822. The number of nitrogens with two attached hydrogens (primary N) is 1. The first-order valence-electron chi connectivity index (χ1n) is 5.75. The highest BCUT2D eigenvalue weighted by Crippen LogP contribution is 2.31. The van der Waals surface area contributed by atoms with Gasteiger partial charge in [-0.15, -0.1) is 0 Å². The van der Waals surface area contributed by atoms with Crippen molar-refractivity contribution in [1.82, 2.24) is 14.5 Å². The van der Waals surface area contributed by atoms with Crippen LogP contribution in [0.25, 0.3) is 11.0 Å². The fourth-order valence-corrected chi connectivity index (χ4v) is 2.29. The highest BCUT2D eigenvalue weighted by molar-refractivity contribution is 5.86. The van der Waals surface area contributed by atoms with Crippen LogP contribution in [0.4, 0.5) is 10.2 Å². The van der Waals surface area contributed by atoms with Gasteiger partial charge in [0.1, 0.15) is 12.0 Å². The highest BCUT2D eigenvalue weighted by atomic mass is 19.1. The van der Waals surface area contributed by atoms with Crippen molar-refractivity contribution >= 4 is 16.9 Å². The molecule has 2 aromatic heterocycles. The molecular weight excluding hydrogens is 239 g/mol. The smallest absolute Gasteiger partial charge is 0.312 e. The summed E-state index contributed by atoms with van der Waals surface area (Å²) < 4.78 is 20.5. The molecule has 1 aliphatic heterocycles. The van der Waals surface area contributed by atoms with E-state index in [0.29, 0.717) is 11.0 Å². The van der Waals surface area contributed by atoms with Crippen molar-refractivity contribution in [3.8, 4) is 0 Å². The van der Waals surface area contributed by atoms with Crippen LogP contribution in [0.1, 0.15) is 19.1 Å². The van der Waals surface area contributed by atoms with Crippen molar-refractivity contribution in [2.24, 2.45) is 0 Å². The molecule has 0 bridgehead atoms. The maximum Gasteiger partial charge on any atom is 0.312 e. The second-order valence-electron chi connectivity index (χ2n) is 4.31. The van der Waals surface area contributed by atoms with Crippen molar-refractivity contribution < 1.29 is 14.2 Å². The zero-order valence-electron chi connectivity index (χ0n) is 9.58. The van der Waals surface area contributed by atoms with Crippen LogP contribution in [0, 0.1) is 6.08 Å². The summed E-state index contributed by atoms with van der Waals surface area (Å²) in [5, 5.41) is 9.65. The van der Waals surface area contributed by atoms with Gasteiger partial charge in [-0.3, -0.25) is 0 Å². The third kappa shape index (κ3) is 1.72. The molecule has 3 rings (SSSR count). The Kier molecular flexibility index (Phi) is 2.64. The van der Waals surface area contributed by atoms with Gasteiger partial charge in [0.15, 0.2) is 5.65 Å². The van der Waals surface area contributed by atoms with E-state index < -0.39 is 6.08 Å². The second kappa shape index (κ2) is 4.18. The minimum Gasteiger partial charge on any atom is -0.394 e. The van der Waals surface area contributed by atoms with E-state index in [9.17, 15) is 4.39 Å². The summed E-state index contributed by atoms with van der Waals surface area (Å²) in [6.07, 6.45) is 2.01. The molecule has 3 N–H and O–H groups in total. The Labute approximate surface area is 102 Å². The number of nitrogen functional groups attached to an aromatic ring is 1. The van der Waals surface area contributed by atoms with Gasteiger partial charge in [-0.25, -0.2) is 0 Å². The normalized spacial score (nSPS) is 23.9. The number of halogens is 1. The monoisotopic (exact) mass is 252 g/mol. The van der Waals surface area contributed by atoms with Gasteiger partial charge in [0.05, 0.1) is 18.1 Å². The number of rotatable bonds is 2. The van der Waals surface area contributed by atoms with E-state index in [4.69, 9.17) is 15.6 Å². The predicted molar refractivity (Wildman–Crippen MR) is 62.1 cm³/mol. The van der Waals surface area contributed by atoms with Gasteiger partial charge in [0, 0.05) is 6.20 Å². The molecule has 0 aromatic carbocycles. The molecule has 96 valence electrons. The maximum absolute atomic E-state index is 13.2. The molecule has 2 aromatic rings. The molecule has 1 aliphatic rings. The van der Waals surface area contributed by atoms with Crippen LogP contribution in [0.3, 0.4) is 0 Å². The fourth-order valence-electron chi connectivity index (χ4n) is 2.29. The molecule has 0 amide bonds. The Balaban J connectivity index is 2.03. The topological polar surface area (TPSA) is 86.2 Å². The van der Waals surface area contributed by atoms with Gasteiger partial charge in [0.2, 0.25) is 0 Å². The highest BCUT2D eigenvalue weighted by Gasteiger charge is 2.27. The molecule has 7 heteroatoms. The Morgan fingerprint density at radius 1 is 1.50 bits per heavy atom. The number of aliphatic hydroxyl groups excluding tert-OH is 1. The van der Waals surface area contributed by atoms with E-state index >= 15 is 0 Å². The summed E-state index contributed by atoms with van der Waals surface area (Å²) in [6, 6.07) is 1.74. The average molecular weight is 252 g/mol. The molecule has 0 saturated carbocycles. The molecule has 1 fully saturated rings. The summed E-state index contributed by atoms with van der Waals surface area (Å²) in [7, 11) is 0. The third-order valence-electron chi connectivity index (χ3n) is 3.17. The second-order valence-corrected chi connectivity index (χ2v) is 4.31. The standard InChI is InChI=1S/C11H13FN4O2/c12-11-14-9(13)7-3-4-16(10(7)15-11)8-2-1-6(5-17)18-8/h3-4,6,8,17H,1-2,5H2,(H2,13,14,15). The molecule has 0 aliphatic carbocycles. The minimum absolute atomic E-state index is 0.0127. The molecule has 2 atom stereocenters. The van der Waals surface area contributed by atoms with Gasteiger partial charge in [-0.2, -0.15) is 14.4 Å². The number of fused-ring (bicyclic) bond motifs is 1. The Morgan fingerprint density at radius 3 is 3.06 bits per heavy atom. The quantitative estimate of drug-likeness (QED) is 0.773. The van der Waals surface area contributed by atoms with Gasteiger partial charge in [-0.1, -0.05) is 0 Å². The van der Waals surface area contributed by atoms with Crippen molar-refractivity contribution in [2.45, 2.75) is 25.2 Å². The van der Waals surface area contributed by atoms with Gasteiger partial charge in [0.25, 0.3) is 0 Å². The van der Waals surface area contributed by atoms with Crippen LogP contribution < -0.4 is 5.73 Å². The van der Waals surface area contributed by atoms with E-state index in [1.807, 2.05) is 0 Å². The number of aliphatic hydroxyl groups is 1. The fraction of sp³-hybridized carbons (Fsp3) is 0.455. The summed E-state index contributed by atoms with van der Waals surface area (Å²) in [5.74, 6) is 0.118. The molecule has 3 heterocycles. The van der Waals surface area contributed by atoms with Crippen LogP contribution >= 0.6 is 0 Å². The molecular formula is C11H13FN4O2. The summed E-state index contributed by atoms with van der Waals surface area (Å²) in [6.45, 7) is -0.0127. The van der Waals surface area contributed by atoms with Gasteiger partial charge in [-0.05, 0) is 18.9 Å². The SMILES string of the molecule is Nc1nc(F)nc2c1ccn2C1CCC(CO)O1. The zero-order chi connectivity index (χ0) is 12.7. The largest absolute Gasteiger partial charge is 0.394 e. The first-order chi connectivity index (χ1) is 8.69. The third-order valence-corrected chi connectivity index (χ3v) is 3.17. The van der Waals surface area contributed by atoms with Gasteiger partial charge < -0.3 is 20.1 Å². The summed E-state index contributed by atoms with van der Waals surface area (Å²) in [5.41, 5.74) is 6.06. The van der Waals surface area contributed by atoms with Gasteiger partial charge >= 0.3 is 6.08 Å². The van der Waals surface area contributed by atoms with Crippen LogP contribution in [0.5, 0.6) is 0 Å². The average Bonchev–Trinajstić information content (AvgIpc) is 2.93.